The van der Waals surface area contributed by atoms with Gasteiger partial charge in [0.15, 0.2) is 0 Å². The first-order valence-corrected chi connectivity index (χ1v) is 22.5. The molecule has 0 aliphatic carbocycles. The number of rotatable bonds is 10. The SMILES string of the molecule is CCCC(CCC)[C@]1(C)COC(c2cc(-c3c(C)cc(C)cc3C)cc(-n3c4ccc(C)cc4c4cc(C)c(-n5c6ccc(-c7ccccc7)cc6c6cccnc65)cc43)c2)=N1. The molecule has 0 spiro atoms. The lowest BCUT2D eigenvalue weighted by Crippen LogP contribution is -2.34. The van der Waals surface area contributed by atoms with Gasteiger partial charge in [0, 0.05) is 39.0 Å². The fourth-order valence-electron chi connectivity index (χ4n) is 10.7. The van der Waals surface area contributed by atoms with Crippen LogP contribution in [0.3, 0.4) is 0 Å². The zero-order valence-corrected chi connectivity index (χ0v) is 37.4. The van der Waals surface area contributed by atoms with Gasteiger partial charge in [0.05, 0.1) is 27.8 Å². The maximum Gasteiger partial charge on any atom is 0.216 e. The molecule has 0 fully saturated rings. The summed E-state index contributed by atoms with van der Waals surface area (Å²) in [5, 5.41) is 4.79. The Kier molecular flexibility index (Phi) is 9.89. The third kappa shape index (κ3) is 6.61. The summed E-state index contributed by atoms with van der Waals surface area (Å²) >= 11 is 0. The molecule has 62 heavy (non-hydrogen) atoms. The van der Waals surface area contributed by atoms with E-state index in [-0.39, 0.29) is 5.54 Å². The third-order valence-electron chi connectivity index (χ3n) is 13.5. The third-order valence-corrected chi connectivity index (χ3v) is 13.5. The Bertz CT molecular complexity index is 3210. The lowest BCUT2D eigenvalue weighted by Gasteiger charge is -2.29. The van der Waals surface area contributed by atoms with Crippen molar-refractivity contribution in [3.05, 3.63) is 161 Å². The average Bonchev–Trinajstić information content (AvgIpc) is 3.92. The summed E-state index contributed by atoms with van der Waals surface area (Å²) in [6, 6.07) is 45.0. The first-order valence-electron chi connectivity index (χ1n) is 22.5. The summed E-state index contributed by atoms with van der Waals surface area (Å²) in [6.45, 7) is 18.6. The average molecular weight is 813 g/mol. The topological polar surface area (TPSA) is 44.3 Å². The number of aromatic nitrogens is 3. The van der Waals surface area contributed by atoms with Gasteiger partial charge in [0.2, 0.25) is 5.90 Å². The molecule has 5 nitrogen and oxygen atoms in total. The van der Waals surface area contributed by atoms with Gasteiger partial charge in [-0.2, -0.15) is 0 Å². The Labute approximate surface area is 365 Å². The van der Waals surface area contributed by atoms with Crippen LogP contribution in [0.4, 0.5) is 0 Å². The number of nitrogens with zero attached hydrogens (tertiary/aromatic N) is 4. The molecule has 0 amide bonds. The van der Waals surface area contributed by atoms with Gasteiger partial charge >= 0.3 is 0 Å². The number of hydrogen-bond acceptors (Lipinski definition) is 3. The Morgan fingerprint density at radius 3 is 2.03 bits per heavy atom. The summed E-state index contributed by atoms with van der Waals surface area (Å²) in [4.78, 5) is 10.6. The van der Waals surface area contributed by atoms with E-state index in [0.29, 0.717) is 12.5 Å². The summed E-state index contributed by atoms with van der Waals surface area (Å²) in [6.07, 6.45) is 6.50. The number of ether oxygens (including phenoxy) is 1. The van der Waals surface area contributed by atoms with E-state index in [9.17, 15) is 0 Å². The first kappa shape index (κ1) is 39.7. The molecule has 1 atom stereocenters. The van der Waals surface area contributed by atoms with Gasteiger partial charge in [-0.15, -0.1) is 0 Å². The molecule has 9 aromatic rings. The molecular weight excluding hydrogens is 757 g/mol. The molecule has 3 aromatic heterocycles. The Hall–Kier alpha value is -6.46. The van der Waals surface area contributed by atoms with Gasteiger partial charge in [-0.3, -0.25) is 4.57 Å². The zero-order chi connectivity index (χ0) is 42.9. The van der Waals surface area contributed by atoms with Crippen LogP contribution in [-0.2, 0) is 4.74 Å². The number of aryl methyl sites for hydroxylation is 5. The molecule has 0 bridgehead atoms. The first-order chi connectivity index (χ1) is 30.0. The van der Waals surface area contributed by atoms with Gasteiger partial charge in [-0.25, -0.2) is 9.98 Å². The molecule has 0 unspecified atom stereocenters. The number of pyridine rings is 1. The van der Waals surface area contributed by atoms with Crippen molar-refractivity contribution in [2.24, 2.45) is 10.9 Å². The van der Waals surface area contributed by atoms with Gasteiger partial charge in [0.25, 0.3) is 0 Å². The quantitative estimate of drug-likeness (QED) is 0.138. The lowest BCUT2D eigenvalue weighted by molar-refractivity contribution is 0.188. The van der Waals surface area contributed by atoms with Crippen molar-refractivity contribution in [2.45, 2.75) is 86.6 Å². The van der Waals surface area contributed by atoms with Gasteiger partial charge < -0.3 is 9.30 Å². The van der Waals surface area contributed by atoms with Crippen molar-refractivity contribution in [1.29, 1.82) is 0 Å². The summed E-state index contributed by atoms with van der Waals surface area (Å²) in [5.41, 5.74) is 18.4. The molecule has 0 N–H and O–H groups in total. The van der Waals surface area contributed by atoms with E-state index in [2.05, 4.69) is 180 Å². The van der Waals surface area contributed by atoms with Crippen molar-refractivity contribution in [3.8, 4) is 33.6 Å². The van der Waals surface area contributed by atoms with Crippen LogP contribution in [0, 0.1) is 40.5 Å². The maximum absolute atomic E-state index is 6.69. The molecule has 10 rings (SSSR count). The van der Waals surface area contributed by atoms with Crippen LogP contribution in [0.2, 0.25) is 0 Å². The summed E-state index contributed by atoms with van der Waals surface area (Å²) < 4.78 is 11.5. The molecule has 6 aromatic carbocycles. The lowest BCUT2D eigenvalue weighted by atomic mass is 9.81. The fraction of sp³-hybridized carbons (Fsp3) is 0.263. The highest BCUT2D eigenvalue weighted by Gasteiger charge is 2.39. The van der Waals surface area contributed by atoms with Gasteiger partial charge in [-0.05, 0) is 166 Å². The fourth-order valence-corrected chi connectivity index (χ4v) is 10.7. The number of fused-ring (bicyclic) bond motifs is 6. The molecule has 310 valence electrons. The van der Waals surface area contributed by atoms with Crippen LogP contribution in [-0.4, -0.2) is 32.2 Å². The predicted molar refractivity (Wildman–Crippen MR) is 262 cm³/mol. The molecular formula is C57H56N4O. The highest BCUT2D eigenvalue weighted by Crippen LogP contribution is 2.42. The maximum atomic E-state index is 6.69. The summed E-state index contributed by atoms with van der Waals surface area (Å²) in [5.74, 6) is 1.22. The van der Waals surface area contributed by atoms with E-state index in [1.54, 1.807) is 0 Å². The van der Waals surface area contributed by atoms with E-state index in [4.69, 9.17) is 14.7 Å². The van der Waals surface area contributed by atoms with Crippen molar-refractivity contribution in [2.75, 3.05) is 6.61 Å². The van der Waals surface area contributed by atoms with Crippen LogP contribution in [0.5, 0.6) is 0 Å². The minimum Gasteiger partial charge on any atom is -0.475 e. The van der Waals surface area contributed by atoms with E-state index in [1.807, 2.05) is 12.3 Å². The molecule has 0 saturated heterocycles. The van der Waals surface area contributed by atoms with Crippen LogP contribution < -0.4 is 0 Å². The van der Waals surface area contributed by atoms with Crippen LogP contribution in [0.15, 0.2) is 133 Å². The van der Waals surface area contributed by atoms with Gasteiger partial charge in [0.1, 0.15) is 12.3 Å². The van der Waals surface area contributed by atoms with Crippen LogP contribution in [0.1, 0.15) is 79.8 Å². The second-order valence-corrected chi connectivity index (χ2v) is 18.2. The van der Waals surface area contributed by atoms with Crippen molar-refractivity contribution in [1.82, 2.24) is 14.1 Å². The standard InChI is InChI=1S/C57H56N4O/c1-9-15-44(16-10-2)57(8)34-62-56(59-57)43-29-42(54-38(6)25-36(4)26-39(54)7)30-45(31-43)60-50-22-20-35(3)27-47(50)48-28-37(5)52(33-53(48)60)61-51-23-21-41(40-17-12-11-13-18-40)32-49(51)46-19-14-24-58-55(46)61/h11-14,17-33,44H,9-10,15-16,34H2,1-8H3/t57-/m0/s1. The zero-order valence-electron chi connectivity index (χ0n) is 37.4. The molecule has 4 heterocycles. The highest BCUT2D eigenvalue weighted by molar-refractivity contribution is 6.13. The molecule has 0 saturated carbocycles. The minimum absolute atomic E-state index is 0.262. The van der Waals surface area contributed by atoms with Crippen LogP contribution >= 0.6 is 0 Å². The number of benzene rings is 6. The van der Waals surface area contributed by atoms with E-state index < -0.39 is 0 Å². The molecule has 5 heteroatoms. The smallest absolute Gasteiger partial charge is 0.216 e. The monoisotopic (exact) mass is 812 g/mol. The molecule has 0 radical (unpaired) electrons. The number of hydrogen-bond donors (Lipinski definition) is 0. The highest BCUT2D eigenvalue weighted by atomic mass is 16.5. The van der Waals surface area contributed by atoms with Crippen molar-refractivity contribution in [3.63, 3.8) is 0 Å². The summed E-state index contributed by atoms with van der Waals surface area (Å²) in [7, 11) is 0. The Balaban J connectivity index is 1.24. The van der Waals surface area contributed by atoms with E-state index in [0.717, 1.165) is 70.6 Å². The Morgan fingerprint density at radius 2 is 1.27 bits per heavy atom. The molecule has 1 aliphatic rings. The Morgan fingerprint density at radius 1 is 0.581 bits per heavy atom. The molecule has 1 aliphatic heterocycles. The minimum atomic E-state index is -0.262. The normalized spacial score (nSPS) is 15.4. The van der Waals surface area contributed by atoms with Crippen LogP contribution in [0.25, 0.3) is 77.4 Å². The largest absolute Gasteiger partial charge is 0.475 e. The van der Waals surface area contributed by atoms with E-state index >= 15 is 0 Å². The number of aliphatic imine (C=N–C) groups is 1. The second kappa shape index (κ2) is 15.5. The van der Waals surface area contributed by atoms with Crippen molar-refractivity contribution < 1.29 is 4.74 Å². The van der Waals surface area contributed by atoms with E-state index in [1.165, 1.54) is 71.7 Å². The predicted octanol–water partition coefficient (Wildman–Crippen LogP) is 14.9. The van der Waals surface area contributed by atoms with Gasteiger partial charge in [-0.1, -0.05) is 92.4 Å². The second-order valence-electron chi connectivity index (χ2n) is 18.2. The van der Waals surface area contributed by atoms with Crippen molar-refractivity contribution >= 4 is 49.6 Å².